The van der Waals surface area contributed by atoms with Crippen LogP contribution in [0.2, 0.25) is 5.02 Å². The highest BCUT2D eigenvalue weighted by Crippen LogP contribution is 2.38. The van der Waals surface area contributed by atoms with Crippen LogP contribution >= 0.6 is 50.1 Å². The Labute approximate surface area is 230 Å². The molecule has 4 rings (SSSR count). The van der Waals surface area contributed by atoms with Crippen LogP contribution in [0.15, 0.2) is 70.8 Å². The van der Waals surface area contributed by atoms with Crippen molar-refractivity contribution >= 4 is 68.1 Å². The Kier molecular flexibility index (Phi) is 8.35. The lowest BCUT2D eigenvalue weighted by atomic mass is 10.1. The van der Waals surface area contributed by atoms with Gasteiger partial charge in [0.25, 0.3) is 5.91 Å². The van der Waals surface area contributed by atoms with E-state index in [9.17, 15) is 9.59 Å². The molecule has 0 bridgehead atoms. The van der Waals surface area contributed by atoms with Gasteiger partial charge in [-0.25, -0.2) is 4.79 Å². The maximum atomic E-state index is 12.9. The van der Waals surface area contributed by atoms with Gasteiger partial charge >= 0.3 is 6.03 Å². The lowest BCUT2D eigenvalue weighted by Gasteiger charge is -2.15. The molecule has 6 nitrogen and oxygen atoms in total. The van der Waals surface area contributed by atoms with Crippen LogP contribution in [0, 0.1) is 3.57 Å². The summed E-state index contributed by atoms with van der Waals surface area (Å²) in [5, 5.41) is 3.25. The fourth-order valence-corrected chi connectivity index (χ4v) is 4.52. The molecule has 0 saturated carbocycles. The zero-order valence-corrected chi connectivity index (χ0v) is 23.2. The Morgan fingerprint density at radius 2 is 1.71 bits per heavy atom. The number of ether oxygens (including phenoxy) is 2. The number of benzene rings is 3. The number of carbonyl (C=O) groups excluding carboxylic acids is 2. The lowest BCUT2D eigenvalue weighted by Crippen LogP contribution is -2.30. The third kappa shape index (κ3) is 6.36. The minimum atomic E-state index is -0.474. The van der Waals surface area contributed by atoms with Crippen LogP contribution in [0.5, 0.6) is 11.5 Å². The molecule has 0 aromatic heterocycles. The predicted molar refractivity (Wildman–Crippen MR) is 147 cm³/mol. The standard InChI is InChI=1S/C26H21BrClIN2O4/c1-2-34-23-13-18(11-21(27)24(23)35-15-17-5-9-20(29)10-6-17)12-22-25(32)31(26(33)30-22)14-16-3-7-19(28)8-4-16/h3-13H,2,14-15H2,1H3,(H,30,33)/b22-12-. The second-order valence-corrected chi connectivity index (χ2v) is 10.2. The van der Waals surface area contributed by atoms with Crippen molar-refractivity contribution in [3.8, 4) is 11.5 Å². The number of nitrogens with one attached hydrogen (secondary N) is 1. The first-order chi connectivity index (χ1) is 16.8. The van der Waals surface area contributed by atoms with Crippen LogP contribution < -0.4 is 14.8 Å². The van der Waals surface area contributed by atoms with E-state index in [0.29, 0.717) is 39.8 Å². The first-order valence-electron chi connectivity index (χ1n) is 10.8. The van der Waals surface area contributed by atoms with E-state index in [-0.39, 0.29) is 12.2 Å². The SMILES string of the molecule is CCOc1cc(/C=C2\NC(=O)N(Cc3ccc(Cl)cc3)C2=O)cc(Br)c1OCc1ccc(I)cc1. The molecule has 3 aromatic rings. The molecule has 3 aromatic carbocycles. The predicted octanol–water partition coefficient (Wildman–Crippen LogP) is 6.78. The monoisotopic (exact) mass is 666 g/mol. The maximum Gasteiger partial charge on any atom is 0.329 e. The number of hydrogen-bond acceptors (Lipinski definition) is 4. The topological polar surface area (TPSA) is 67.9 Å². The average molecular weight is 668 g/mol. The first-order valence-corrected chi connectivity index (χ1v) is 13.0. The van der Waals surface area contributed by atoms with Crippen LogP contribution in [0.4, 0.5) is 4.79 Å². The number of amides is 3. The van der Waals surface area contributed by atoms with Crippen molar-refractivity contribution in [2.45, 2.75) is 20.1 Å². The molecule has 1 fully saturated rings. The first kappa shape index (κ1) is 25.5. The highest BCUT2D eigenvalue weighted by atomic mass is 127. The molecule has 0 spiro atoms. The zero-order chi connectivity index (χ0) is 24.9. The van der Waals surface area contributed by atoms with Gasteiger partial charge in [-0.2, -0.15) is 0 Å². The number of carbonyl (C=O) groups is 2. The summed E-state index contributed by atoms with van der Waals surface area (Å²) in [5.41, 5.74) is 2.70. The third-order valence-corrected chi connectivity index (χ3v) is 6.72. The molecule has 1 N–H and O–H groups in total. The van der Waals surface area contributed by atoms with Crippen LogP contribution in [0.1, 0.15) is 23.6 Å². The molecule has 1 heterocycles. The number of hydrogen-bond donors (Lipinski definition) is 1. The minimum Gasteiger partial charge on any atom is -0.490 e. The number of rotatable bonds is 8. The normalized spacial score (nSPS) is 14.4. The molecule has 1 aliphatic rings. The minimum absolute atomic E-state index is 0.151. The number of urea groups is 1. The van der Waals surface area contributed by atoms with E-state index < -0.39 is 11.9 Å². The van der Waals surface area contributed by atoms with Crippen LogP contribution in [0.25, 0.3) is 6.08 Å². The summed E-state index contributed by atoms with van der Waals surface area (Å²) >= 11 is 11.7. The van der Waals surface area contributed by atoms with Crippen molar-refractivity contribution in [3.63, 3.8) is 0 Å². The Morgan fingerprint density at radius 1 is 1.03 bits per heavy atom. The highest BCUT2D eigenvalue weighted by molar-refractivity contribution is 14.1. The van der Waals surface area contributed by atoms with E-state index in [1.807, 2.05) is 37.3 Å². The summed E-state index contributed by atoms with van der Waals surface area (Å²) < 4.78 is 13.7. The van der Waals surface area contributed by atoms with Crippen molar-refractivity contribution in [2.75, 3.05) is 6.61 Å². The van der Waals surface area contributed by atoms with Crippen molar-refractivity contribution in [3.05, 3.63) is 96.1 Å². The third-order valence-electron chi connectivity index (χ3n) is 5.16. The molecular weight excluding hydrogens is 647 g/mol. The zero-order valence-electron chi connectivity index (χ0n) is 18.7. The molecule has 0 aliphatic carbocycles. The summed E-state index contributed by atoms with van der Waals surface area (Å²) in [7, 11) is 0. The number of imide groups is 1. The van der Waals surface area contributed by atoms with E-state index >= 15 is 0 Å². The van der Waals surface area contributed by atoms with Gasteiger partial charge in [0.15, 0.2) is 11.5 Å². The van der Waals surface area contributed by atoms with Crippen LogP contribution in [-0.2, 0) is 17.9 Å². The van der Waals surface area contributed by atoms with Crippen LogP contribution in [-0.4, -0.2) is 23.4 Å². The molecule has 0 atom stereocenters. The second-order valence-electron chi connectivity index (χ2n) is 7.68. The van der Waals surface area contributed by atoms with Gasteiger partial charge in [0.1, 0.15) is 12.3 Å². The van der Waals surface area contributed by atoms with Gasteiger partial charge in [-0.3, -0.25) is 9.69 Å². The second kappa shape index (κ2) is 11.5. The molecule has 180 valence electrons. The fraction of sp³-hybridized carbons (Fsp3) is 0.154. The van der Waals surface area contributed by atoms with Crippen LogP contribution in [0.3, 0.4) is 0 Å². The average Bonchev–Trinajstić information content (AvgIpc) is 3.08. The Morgan fingerprint density at radius 3 is 2.40 bits per heavy atom. The van der Waals surface area contributed by atoms with E-state index in [0.717, 1.165) is 19.6 Å². The van der Waals surface area contributed by atoms with Gasteiger partial charge in [0.05, 0.1) is 17.6 Å². The quantitative estimate of drug-likeness (QED) is 0.164. The van der Waals surface area contributed by atoms with E-state index in [1.54, 1.807) is 36.4 Å². The summed E-state index contributed by atoms with van der Waals surface area (Å²) in [5.74, 6) is 0.700. The van der Waals surface area contributed by atoms with Gasteiger partial charge in [-0.1, -0.05) is 35.9 Å². The van der Waals surface area contributed by atoms with Gasteiger partial charge in [0.2, 0.25) is 0 Å². The van der Waals surface area contributed by atoms with Gasteiger partial charge in [-0.15, -0.1) is 0 Å². The number of nitrogens with zero attached hydrogens (tertiary/aromatic N) is 1. The summed E-state index contributed by atoms with van der Waals surface area (Å²) in [6.45, 7) is 2.86. The highest BCUT2D eigenvalue weighted by Gasteiger charge is 2.33. The van der Waals surface area contributed by atoms with Gasteiger partial charge < -0.3 is 14.8 Å². The molecule has 1 saturated heterocycles. The summed E-state index contributed by atoms with van der Waals surface area (Å²) in [6, 6.07) is 18.2. The van der Waals surface area contributed by atoms with Gasteiger partial charge in [-0.05, 0) is 105 Å². The molecule has 35 heavy (non-hydrogen) atoms. The maximum absolute atomic E-state index is 12.9. The van der Waals surface area contributed by atoms with Crippen molar-refractivity contribution in [1.82, 2.24) is 10.2 Å². The summed E-state index contributed by atoms with van der Waals surface area (Å²) in [6.07, 6.45) is 1.62. The fourth-order valence-electron chi connectivity index (χ4n) is 3.46. The summed E-state index contributed by atoms with van der Waals surface area (Å²) in [4.78, 5) is 26.5. The Balaban J connectivity index is 1.54. The van der Waals surface area contributed by atoms with Gasteiger partial charge in [0, 0.05) is 8.59 Å². The molecule has 1 aliphatic heterocycles. The Hall–Kier alpha value is -2.56. The smallest absolute Gasteiger partial charge is 0.329 e. The van der Waals surface area contributed by atoms with E-state index in [1.165, 1.54) is 0 Å². The van der Waals surface area contributed by atoms with E-state index in [4.69, 9.17) is 21.1 Å². The Bertz CT molecular complexity index is 1280. The number of halogens is 3. The largest absolute Gasteiger partial charge is 0.490 e. The molecular formula is C26H21BrClIN2O4. The van der Waals surface area contributed by atoms with Crippen molar-refractivity contribution < 1.29 is 19.1 Å². The van der Waals surface area contributed by atoms with Crippen molar-refractivity contribution in [1.29, 1.82) is 0 Å². The molecule has 9 heteroatoms. The van der Waals surface area contributed by atoms with E-state index in [2.05, 4.69) is 43.8 Å². The van der Waals surface area contributed by atoms with Crippen molar-refractivity contribution in [2.24, 2.45) is 0 Å². The molecule has 0 unspecified atom stereocenters. The molecule has 3 amide bonds. The lowest BCUT2D eigenvalue weighted by molar-refractivity contribution is -0.123. The molecule has 0 radical (unpaired) electrons.